The van der Waals surface area contributed by atoms with Crippen LogP contribution >= 0.6 is 27.3 Å². The van der Waals surface area contributed by atoms with Gasteiger partial charge >= 0.3 is 5.69 Å². The summed E-state index contributed by atoms with van der Waals surface area (Å²) in [7, 11) is 1.41. The molecular formula is C16H11BrN2O3S. The molecule has 0 saturated heterocycles. The van der Waals surface area contributed by atoms with Gasteiger partial charge in [0.2, 0.25) is 0 Å². The Kier molecular flexibility index (Phi) is 4.40. The number of hydrogen-bond acceptors (Lipinski definition) is 5. The highest BCUT2D eigenvalue weighted by molar-refractivity contribution is 9.10. The van der Waals surface area contributed by atoms with Gasteiger partial charge in [-0.05, 0) is 24.3 Å². The Balaban J connectivity index is 2.00. The van der Waals surface area contributed by atoms with E-state index in [1.807, 2.05) is 29.6 Å². The molecule has 0 aliphatic heterocycles. The molecule has 1 heterocycles. The van der Waals surface area contributed by atoms with Gasteiger partial charge in [-0.1, -0.05) is 28.1 Å². The highest BCUT2D eigenvalue weighted by Gasteiger charge is 2.17. The van der Waals surface area contributed by atoms with Crippen LogP contribution in [0.1, 0.15) is 0 Å². The van der Waals surface area contributed by atoms with Crippen molar-refractivity contribution in [3.63, 3.8) is 0 Å². The lowest BCUT2D eigenvalue weighted by Crippen LogP contribution is -1.94. The Bertz CT molecular complexity index is 879. The predicted molar refractivity (Wildman–Crippen MR) is 93.9 cm³/mol. The van der Waals surface area contributed by atoms with Crippen molar-refractivity contribution in [2.75, 3.05) is 7.11 Å². The molecule has 0 amide bonds. The second-order valence-corrected chi connectivity index (χ2v) is 6.47. The fraction of sp³-hybridized carbons (Fsp3) is 0.0625. The first-order chi connectivity index (χ1) is 11.1. The Morgan fingerprint density at radius 2 is 2.04 bits per heavy atom. The average molecular weight is 391 g/mol. The number of aromatic nitrogens is 1. The third-order valence-corrected chi connectivity index (χ3v) is 4.63. The van der Waals surface area contributed by atoms with Crippen LogP contribution in [-0.2, 0) is 0 Å². The lowest BCUT2D eigenvalue weighted by molar-refractivity contribution is -0.385. The van der Waals surface area contributed by atoms with Crippen molar-refractivity contribution in [2.45, 2.75) is 0 Å². The lowest BCUT2D eigenvalue weighted by Gasteiger charge is -2.03. The van der Waals surface area contributed by atoms with Gasteiger partial charge < -0.3 is 4.74 Å². The molecule has 2 aromatic carbocycles. The van der Waals surface area contributed by atoms with Crippen LogP contribution < -0.4 is 4.74 Å². The smallest absolute Gasteiger partial charge is 0.311 e. The van der Waals surface area contributed by atoms with Gasteiger partial charge in [0.1, 0.15) is 5.01 Å². The molecule has 0 aliphatic carbocycles. The minimum atomic E-state index is -0.454. The van der Waals surface area contributed by atoms with E-state index in [1.54, 1.807) is 12.1 Å². The maximum Gasteiger partial charge on any atom is 0.311 e. The first-order valence-electron chi connectivity index (χ1n) is 6.63. The summed E-state index contributed by atoms with van der Waals surface area (Å²) in [6.07, 6.45) is 0. The molecule has 0 atom stereocenters. The van der Waals surface area contributed by atoms with Gasteiger partial charge in [0.05, 0.1) is 17.7 Å². The molecule has 5 nitrogen and oxygen atoms in total. The van der Waals surface area contributed by atoms with Gasteiger partial charge in [-0.15, -0.1) is 11.3 Å². The molecule has 0 fully saturated rings. The third kappa shape index (κ3) is 3.25. The number of halogens is 1. The number of thiazole rings is 1. The van der Waals surface area contributed by atoms with Gasteiger partial charge in [0.15, 0.2) is 5.75 Å². The molecule has 3 aromatic rings. The van der Waals surface area contributed by atoms with E-state index in [-0.39, 0.29) is 11.4 Å². The molecule has 7 heteroatoms. The molecule has 0 N–H and O–H groups in total. The van der Waals surface area contributed by atoms with E-state index in [4.69, 9.17) is 4.74 Å². The van der Waals surface area contributed by atoms with Crippen LogP contribution in [0.15, 0.2) is 52.3 Å². The summed E-state index contributed by atoms with van der Waals surface area (Å²) >= 11 is 4.94. The molecule has 116 valence electrons. The van der Waals surface area contributed by atoms with Crippen molar-refractivity contribution >= 4 is 33.0 Å². The lowest BCUT2D eigenvalue weighted by atomic mass is 10.1. The van der Waals surface area contributed by atoms with Gasteiger partial charge in [0, 0.05) is 27.0 Å². The summed E-state index contributed by atoms with van der Waals surface area (Å²) in [5.41, 5.74) is 2.33. The van der Waals surface area contributed by atoms with E-state index in [0.29, 0.717) is 11.3 Å². The Labute approximate surface area is 144 Å². The average Bonchev–Trinajstić information content (AvgIpc) is 3.04. The largest absolute Gasteiger partial charge is 0.490 e. The molecule has 0 bridgehead atoms. The zero-order chi connectivity index (χ0) is 16.4. The molecular weight excluding hydrogens is 380 g/mol. The molecule has 0 radical (unpaired) electrons. The highest BCUT2D eigenvalue weighted by Crippen LogP contribution is 2.34. The summed E-state index contributed by atoms with van der Waals surface area (Å²) in [6.45, 7) is 0. The molecule has 0 aliphatic rings. The summed E-state index contributed by atoms with van der Waals surface area (Å²) < 4.78 is 6.00. The number of nitro benzene ring substituents is 1. The summed E-state index contributed by atoms with van der Waals surface area (Å²) in [5, 5.41) is 13.9. The first-order valence-corrected chi connectivity index (χ1v) is 8.30. The summed E-state index contributed by atoms with van der Waals surface area (Å²) in [6, 6.07) is 12.7. The Morgan fingerprint density at radius 1 is 1.22 bits per heavy atom. The van der Waals surface area contributed by atoms with Crippen LogP contribution in [0.25, 0.3) is 21.8 Å². The van der Waals surface area contributed by atoms with Crippen molar-refractivity contribution in [3.8, 4) is 27.6 Å². The van der Waals surface area contributed by atoms with Gasteiger partial charge in [-0.3, -0.25) is 10.1 Å². The van der Waals surface area contributed by atoms with Crippen LogP contribution in [0.3, 0.4) is 0 Å². The Hall–Kier alpha value is -2.25. The monoisotopic (exact) mass is 390 g/mol. The predicted octanol–water partition coefficient (Wildman–Crippen LogP) is 5.16. The van der Waals surface area contributed by atoms with Crippen molar-refractivity contribution in [3.05, 3.63) is 62.4 Å². The van der Waals surface area contributed by atoms with Crippen LogP contribution in [0.4, 0.5) is 5.69 Å². The zero-order valence-electron chi connectivity index (χ0n) is 12.0. The van der Waals surface area contributed by atoms with Crippen molar-refractivity contribution < 1.29 is 9.66 Å². The quantitative estimate of drug-likeness (QED) is 0.455. The highest BCUT2D eigenvalue weighted by atomic mass is 79.9. The minimum Gasteiger partial charge on any atom is -0.490 e. The molecule has 0 spiro atoms. The molecule has 3 rings (SSSR count). The number of rotatable bonds is 4. The second kappa shape index (κ2) is 6.47. The van der Waals surface area contributed by atoms with E-state index >= 15 is 0 Å². The van der Waals surface area contributed by atoms with Crippen molar-refractivity contribution in [1.29, 1.82) is 0 Å². The normalized spacial score (nSPS) is 10.5. The topological polar surface area (TPSA) is 65.3 Å². The molecule has 0 unspecified atom stereocenters. The fourth-order valence-corrected chi connectivity index (χ4v) is 3.38. The zero-order valence-corrected chi connectivity index (χ0v) is 14.4. The standard InChI is InChI=1S/C16H11BrN2O3S/c1-22-15-6-5-10(8-14(15)19(20)21)13-9-23-16(18-13)11-3-2-4-12(17)7-11/h2-9H,1H3. The van der Waals surface area contributed by atoms with Gasteiger partial charge in [0.25, 0.3) is 0 Å². The van der Waals surface area contributed by atoms with Crippen molar-refractivity contribution in [2.24, 2.45) is 0 Å². The van der Waals surface area contributed by atoms with Crippen LogP contribution in [0.5, 0.6) is 5.75 Å². The van der Waals surface area contributed by atoms with E-state index in [0.717, 1.165) is 15.0 Å². The molecule has 0 saturated carbocycles. The van der Waals surface area contributed by atoms with Crippen LogP contribution in [0.2, 0.25) is 0 Å². The van der Waals surface area contributed by atoms with Gasteiger partial charge in [-0.2, -0.15) is 0 Å². The summed E-state index contributed by atoms with van der Waals surface area (Å²) in [5.74, 6) is 0.237. The molecule has 1 aromatic heterocycles. The number of nitro groups is 1. The van der Waals surface area contributed by atoms with E-state index in [9.17, 15) is 10.1 Å². The van der Waals surface area contributed by atoms with E-state index < -0.39 is 4.92 Å². The molecule has 23 heavy (non-hydrogen) atoms. The summed E-state index contributed by atoms with van der Waals surface area (Å²) in [4.78, 5) is 15.3. The third-order valence-electron chi connectivity index (χ3n) is 3.25. The second-order valence-electron chi connectivity index (χ2n) is 4.69. The number of ether oxygens (including phenoxy) is 1. The van der Waals surface area contributed by atoms with E-state index in [2.05, 4.69) is 20.9 Å². The van der Waals surface area contributed by atoms with Gasteiger partial charge in [-0.25, -0.2) is 4.98 Å². The van der Waals surface area contributed by atoms with E-state index in [1.165, 1.54) is 24.5 Å². The number of benzene rings is 2. The maximum atomic E-state index is 11.1. The van der Waals surface area contributed by atoms with Crippen molar-refractivity contribution in [1.82, 2.24) is 4.98 Å². The SMILES string of the molecule is COc1ccc(-c2csc(-c3cccc(Br)c3)n2)cc1[N+](=O)[O-]. The van der Waals surface area contributed by atoms with Crippen LogP contribution in [0, 0.1) is 10.1 Å². The maximum absolute atomic E-state index is 11.1. The Morgan fingerprint density at radius 3 is 2.74 bits per heavy atom. The number of methoxy groups -OCH3 is 1. The number of hydrogen-bond donors (Lipinski definition) is 0. The first kappa shape index (κ1) is 15.6. The van der Waals surface area contributed by atoms with Crippen LogP contribution in [-0.4, -0.2) is 17.0 Å². The fourth-order valence-electron chi connectivity index (χ4n) is 2.15. The minimum absolute atomic E-state index is 0.0676. The number of nitrogens with zero attached hydrogens (tertiary/aromatic N) is 2.